The van der Waals surface area contributed by atoms with Crippen LogP contribution in [0.4, 0.5) is 10.7 Å². The van der Waals surface area contributed by atoms with Crippen molar-refractivity contribution >= 4 is 49.8 Å². The number of hydrogen-bond donors (Lipinski definition) is 2. The third-order valence-corrected chi connectivity index (χ3v) is 5.10. The second-order valence-corrected chi connectivity index (χ2v) is 7.32. The molecule has 3 rings (SSSR count). The number of amides is 2. The lowest BCUT2D eigenvalue weighted by atomic mass is 10.2. The molecule has 1 heterocycles. The van der Waals surface area contributed by atoms with E-state index < -0.39 is 0 Å². The normalized spacial score (nSPS) is 13.7. The molecule has 1 aliphatic rings. The number of hydrogen-bond acceptors (Lipinski definition) is 3. The largest absolute Gasteiger partial charge is 0.321 e. The van der Waals surface area contributed by atoms with Crippen LogP contribution in [0.1, 0.15) is 28.1 Å². The molecule has 0 saturated heterocycles. The minimum atomic E-state index is -0.156. The maximum Gasteiger partial charge on any atom is 0.266 e. The number of carbonyl (C=O) groups is 2. The standard InChI is InChI=1S/C16H15BrN2O2S/c1-9-8-13(19-15(20)10-2-3-10)22-14(9)16(21)18-12-6-4-11(17)5-7-12/h4-8,10H,2-3H2,1H3,(H,18,21)(H,19,20). The van der Waals surface area contributed by atoms with Crippen molar-refractivity contribution in [3.63, 3.8) is 0 Å². The lowest BCUT2D eigenvalue weighted by Gasteiger charge is -2.04. The lowest BCUT2D eigenvalue weighted by molar-refractivity contribution is -0.117. The predicted octanol–water partition coefficient (Wildman–Crippen LogP) is 4.42. The van der Waals surface area contributed by atoms with Gasteiger partial charge in [-0.15, -0.1) is 11.3 Å². The van der Waals surface area contributed by atoms with Crippen LogP contribution in [0.15, 0.2) is 34.8 Å². The minimum absolute atomic E-state index is 0.0566. The van der Waals surface area contributed by atoms with Crippen LogP contribution in [0.5, 0.6) is 0 Å². The number of anilines is 2. The average Bonchev–Trinajstić information content (AvgIpc) is 3.26. The van der Waals surface area contributed by atoms with E-state index in [-0.39, 0.29) is 17.7 Å². The summed E-state index contributed by atoms with van der Waals surface area (Å²) in [5.74, 6) is 0.0558. The molecule has 1 fully saturated rings. The molecule has 0 bridgehead atoms. The summed E-state index contributed by atoms with van der Waals surface area (Å²) in [6, 6.07) is 9.26. The smallest absolute Gasteiger partial charge is 0.266 e. The molecular weight excluding hydrogens is 364 g/mol. The highest BCUT2D eigenvalue weighted by atomic mass is 79.9. The van der Waals surface area contributed by atoms with Crippen LogP contribution in [-0.4, -0.2) is 11.8 Å². The topological polar surface area (TPSA) is 58.2 Å². The van der Waals surface area contributed by atoms with Gasteiger partial charge in [-0.3, -0.25) is 9.59 Å². The van der Waals surface area contributed by atoms with E-state index in [4.69, 9.17) is 0 Å². The number of benzene rings is 1. The van der Waals surface area contributed by atoms with Crippen LogP contribution < -0.4 is 10.6 Å². The highest BCUT2D eigenvalue weighted by Crippen LogP contribution is 2.33. The molecule has 0 aliphatic heterocycles. The van der Waals surface area contributed by atoms with Crippen molar-refractivity contribution in [2.45, 2.75) is 19.8 Å². The van der Waals surface area contributed by atoms with Crippen molar-refractivity contribution < 1.29 is 9.59 Å². The number of aryl methyl sites for hydroxylation is 1. The van der Waals surface area contributed by atoms with E-state index >= 15 is 0 Å². The van der Waals surface area contributed by atoms with Crippen molar-refractivity contribution in [1.82, 2.24) is 0 Å². The number of carbonyl (C=O) groups excluding carboxylic acids is 2. The summed E-state index contributed by atoms with van der Waals surface area (Å²) in [7, 11) is 0. The second kappa shape index (κ2) is 6.22. The Bertz CT molecular complexity index is 720. The molecule has 2 aromatic rings. The van der Waals surface area contributed by atoms with E-state index in [2.05, 4.69) is 26.6 Å². The van der Waals surface area contributed by atoms with Crippen molar-refractivity contribution in [1.29, 1.82) is 0 Å². The number of nitrogens with one attached hydrogen (secondary N) is 2. The van der Waals surface area contributed by atoms with Crippen molar-refractivity contribution in [2.24, 2.45) is 5.92 Å². The van der Waals surface area contributed by atoms with Gasteiger partial charge in [0, 0.05) is 16.1 Å². The summed E-state index contributed by atoms with van der Waals surface area (Å²) in [5, 5.41) is 6.48. The lowest BCUT2D eigenvalue weighted by Crippen LogP contribution is -2.12. The Morgan fingerprint density at radius 3 is 2.50 bits per heavy atom. The predicted molar refractivity (Wildman–Crippen MR) is 92.5 cm³/mol. The Kier molecular flexibility index (Phi) is 4.31. The molecule has 0 spiro atoms. The minimum Gasteiger partial charge on any atom is -0.321 e. The van der Waals surface area contributed by atoms with E-state index in [0.717, 1.165) is 33.6 Å². The fraction of sp³-hybridized carbons (Fsp3) is 0.250. The van der Waals surface area contributed by atoms with Crippen LogP contribution in [0, 0.1) is 12.8 Å². The molecule has 0 unspecified atom stereocenters. The van der Waals surface area contributed by atoms with Crippen LogP contribution in [0.25, 0.3) is 0 Å². The summed E-state index contributed by atoms with van der Waals surface area (Å²) in [6.07, 6.45) is 1.93. The SMILES string of the molecule is Cc1cc(NC(=O)C2CC2)sc1C(=O)Nc1ccc(Br)cc1. The first-order valence-electron chi connectivity index (χ1n) is 7.01. The van der Waals surface area contributed by atoms with Gasteiger partial charge in [0.05, 0.1) is 9.88 Å². The first-order chi connectivity index (χ1) is 10.5. The van der Waals surface area contributed by atoms with Gasteiger partial charge in [0.15, 0.2) is 0 Å². The van der Waals surface area contributed by atoms with Gasteiger partial charge in [-0.05, 0) is 55.7 Å². The highest BCUT2D eigenvalue weighted by Gasteiger charge is 2.30. The van der Waals surface area contributed by atoms with E-state index in [0.29, 0.717) is 4.88 Å². The van der Waals surface area contributed by atoms with E-state index in [1.165, 1.54) is 11.3 Å². The maximum absolute atomic E-state index is 12.3. The van der Waals surface area contributed by atoms with Crippen LogP contribution in [0.3, 0.4) is 0 Å². The fourth-order valence-corrected chi connectivity index (χ4v) is 3.29. The Labute approximate surface area is 141 Å². The van der Waals surface area contributed by atoms with Crippen LogP contribution >= 0.6 is 27.3 Å². The molecule has 1 aromatic heterocycles. The molecule has 6 heteroatoms. The highest BCUT2D eigenvalue weighted by molar-refractivity contribution is 9.10. The quantitative estimate of drug-likeness (QED) is 0.826. The summed E-state index contributed by atoms with van der Waals surface area (Å²) in [4.78, 5) is 24.7. The molecular formula is C16H15BrN2O2S. The summed E-state index contributed by atoms with van der Waals surface area (Å²) in [5.41, 5.74) is 1.61. The Balaban J connectivity index is 1.70. The fourth-order valence-electron chi connectivity index (χ4n) is 2.06. The molecule has 1 saturated carbocycles. The van der Waals surface area contributed by atoms with Crippen molar-refractivity contribution in [3.8, 4) is 0 Å². The maximum atomic E-state index is 12.3. The van der Waals surface area contributed by atoms with Gasteiger partial charge in [0.25, 0.3) is 5.91 Å². The van der Waals surface area contributed by atoms with Crippen molar-refractivity contribution in [2.75, 3.05) is 10.6 Å². The van der Waals surface area contributed by atoms with E-state index in [9.17, 15) is 9.59 Å². The third-order valence-electron chi connectivity index (χ3n) is 3.42. The Hall–Kier alpha value is -1.66. The van der Waals surface area contributed by atoms with Gasteiger partial charge in [-0.2, -0.15) is 0 Å². The molecule has 114 valence electrons. The average molecular weight is 379 g/mol. The molecule has 4 nitrogen and oxygen atoms in total. The van der Waals surface area contributed by atoms with Gasteiger partial charge in [0.2, 0.25) is 5.91 Å². The summed E-state index contributed by atoms with van der Waals surface area (Å²) < 4.78 is 0.961. The monoisotopic (exact) mass is 378 g/mol. The third kappa shape index (κ3) is 3.56. The Morgan fingerprint density at radius 2 is 1.86 bits per heavy atom. The first kappa shape index (κ1) is 15.2. The number of rotatable bonds is 4. The zero-order valence-corrected chi connectivity index (χ0v) is 14.4. The molecule has 2 N–H and O–H groups in total. The second-order valence-electron chi connectivity index (χ2n) is 5.35. The summed E-state index contributed by atoms with van der Waals surface area (Å²) in [6.45, 7) is 1.87. The van der Waals surface area contributed by atoms with Crippen LogP contribution in [0.2, 0.25) is 0 Å². The number of halogens is 1. The molecule has 2 amide bonds. The molecule has 0 atom stereocenters. The summed E-state index contributed by atoms with van der Waals surface area (Å²) >= 11 is 4.67. The molecule has 1 aliphatic carbocycles. The zero-order chi connectivity index (χ0) is 15.7. The van der Waals surface area contributed by atoms with Crippen molar-refractivity contribution in [3.05, 3.63) is 45.2 Å². The van der Waals surface area contributed by atoms with E-state index in [1.807, 2.05) is 37.3 Å². The van der Waals surface area contributed by atoms with Gasteiger partial charge < -0.3 is 10.6 Å². The molecule has 0 radical (unpaired) electrons. The molecule has 1 aromatic carbocycles. The van der Waals surface area contributed by atoms with Gasteiger partial charge in [-0.25, -0.2) is 0 Å². The number of thiophene rings is 1. The molecule has 22 heavy (non-hydrogen) atoms. The van der Waals surface area contributed by atoms with Gasteiger partial charge >= 0.3 is 0 Å². The van der Waals surface area contributed by atoms with E-state index in [1.54, 1.807) is 0 Å². The first-order valence-corrected chi connectivity index (χ1v) is 8.62. The Morgan fingerprint density at radius 1 is 1.18 bits per heavy atom. The van der Waals surface area contributed by atoms with Gasteiger partial charge in [-0.1, -0.05) is 15.9 Å². The van der Waals surface area contributed by atoms with Gasteiger partial charge in [0.1, 0.15) is 0 Å². The zero-order valence-electron chi connectivity index (χ0n) is 12.0. The van der Waals surface area contributed by atoms with Crippen LogP contribution in [-0.2, 0) is 4.79 Å².